The minimum Gasteiger partial charge on any atom is -0.478 e. The SMILES string of the molecule is O=C(N[C@@H]1CCN(C(=O)c2cc(Cl)c3nccnc3c2)C[C@@H]1c1ccccc1)c1cnc(OCCCN2CCOCC2)cc1C(F)(F)F. The topological polar surface area (TPSA) is 110 Å². The van der Waals surface area contributed by atoms with Crippen molar-refractivity contribution in [3.05, 3.63) is 94.4 Å². The summed E-state index contributed by atoms with van der Waals surface area (Å²) in [4.78, 5) is 43.5. The number of nitrogens with one attached hydrogen (secondary N) is 1. The number of aromatic nitrogens is 3. The van der Waals surface area contributed by atoms with E-state index in [0.717, 1.165) is 37.5 Å². The molecular formula is C34H34ClF3N6O4. The highest BCUT2D eigenvalue weighted by atomic mass is 35.5. The van der Waals surface area contributed by atoms with Gasteiger partial charge in [0.1, 0.15) is 5.52 Å². The van der Waals surface area contributed by atoms with Crippen LogP contribution < -0.4 is 10.1 Å². The normalized spacial score (nSPS) is 18.9. The molecule has 0 aliphatic carbocycles. The van der Waals surface area contributed by atoms with Crippen molar-refractivity contribution in [1.82, 2.24) is 30.1 Å². The molecule has 14 heteroatoms. The van der Waals surface area contributed by atoms with Gasteiger partial charge in [0.25, 0.3) is 11.8 Å². The number of pyridine rings is 1. The minimum atomic E-state index is -4.82. The second kappa shape index (κ2) is 14.8. The Morgan fingerprint density at radius 2 is 1.79 bits per heavy atom. The lowest BCUT2D eigenvalue weighted by Crippen LogP contribution is -2.51. The molecule has 2 aliphatic rings. The number of carbonyl (C=O) groups is 2. The minimum absolute atomic E-state index is 0.183. The van der Waals surface area contributed by atoms with Crippen LogP contribution >= 0.6 is 11.6 Å². The van der Waals surface area contributed by atoms with E-state index in [1.165, 1.54) is 12.4 Å². The number of benzene rings is 2. The van der Waals surface area contributed by atoms with Gasteiger partial charge in [-0.1, -0.05) is 41.9 Å². The van der Waals surface area contributed by atoms with E-state index in [0.29, 0.717) is 47.7 Å². The van der Waals surface area contributed by atoms with E-state index in [9.17, 15) is 22.8 Å². The maximum absolute atomic E-state index is 14.2. The molecule has 0 radical (unpaired) electrons. The van der Waals surface area contributed by atoms with Crippen LogP contribution in [0.25, 0.3) is 11.0 Å². The summed E-state index contributed by atoms with van der Waals surface area (Å²) in [5.41, 5.74) is 0.409. The first-order valence-electron chi connectivity index (χ1n) is 15.7. The van der Waals surface area contributed by atoms with Crippen LogP contribution in [0.5, 0.6) is 5.88 Å². The summed E-state index contributed by atoms with van der Waals surface area (Å²) in [5.74, 6) is -1.78. The summed E-state index contributed by atoms with van der Waals surface area (Å²) >= 11 is 6.40. The van der Waals surface area contributed by atoms with E-state index < -0.39 is 35.2 Å². The lowest BCUT2D eigenvalue weighted by atomic mass is 9.85. The summed E-state index contributed by atoms with van der Waals surface area (Å²) in [7, 11) is 0. The number of hydrogen-bond acceptors (Lipinski definition) is 8. The van der Waals surface area contributed by atoms with Crippen LogP contribution in [0.1, 0.15) is 50.6 Å². The van der Waals surface area contributed by atoms with Crippen molar-refractivity contribution in [2.45, 2.75) is 31.0 Å². The van der Waals surface area contributed by atoms with Gasteiger partial charge in [-0.2, -0.15) is 13.2 Å². The third-order valence-electron chi connectivity index (χ3n) is 8.62. The number of amides is 2. The number of rotatable bonds is 9. The van der Waals surface area contributed by atoms with Gasteiger partial charge in [0, 0.05) is 74.9 Å². The van der Waals surface area contributed by atoms with Gasteiger partial charge in [-0.05, 0) is 30.5 Å². The van der Waals surface area contributed by atoms with Crippen LogP contribution in [0.3, 0.4) is 0 Å². The fourth-order valence-corrected chi connectivity index (χ4v) is 6.42. The van der Waals surface area contributed by atoms with Gasteiger partial charge < -0.3 is 19.7 Å². The Kier molecular flexibility index (Phi) is 10.4. The molecule has 1 N–H and O–H groups in total. The van der Waals surface area contributed by atoms with E-state index in [2.05, 4.69) is 25.2 Å². The van der Waals surface area contributed by atoms with Gasteiger partial charge in [-0.25, -0.2) is 4.98 Å². The van der Waals surface area contributed by atoms with Gasteiger partial charge in [-0.3, -0.25) is 24.5 Å². The smallest absolute Gasteiger partial charge is 0.417 e. The number of nitrogens with zero attached hydrogens (tertiary/aromatic N) is 5. The average Bonchev–Trinajstić information content (AvgIpc) is 3.10. The molecule has 6 rings (SSSR count). The molecule has 2 aromatic carbocycles. The average molecular weight is 683 g/mol. The van der Waals surface area contributed by atoms with Crippen LogP contribution in [0.2, 0.25) is 5.02 Å². The highest BCUT2D eigenvalue weighted by molar-refractivity contribution is 6.35. The van der Waals surface area contributed by atoms with Crippen molar-refractivity contribution < 1.29 is 32.2 Å². The molecule has 2 saturated heterocycles. The highest BCUT2D eigenvalue weighted by Crippen LogP contribution is 2.35. The molecule has 0 saturated carbocycles. The second-order valence-electron chi connectivity index (χ2n) is 11.7. The molecule has 0 spiro atoms. The molecule has 2 fully saturated rings. The summed E-state index contributed by atoms with van der Waals surface area (Å²) in [6.07, 6.45) is 0.0385. The molecule has 4 heterocycles. The predicted molar refractivity (Wildman–Crippen MR) is 172 cm³/mol. The van der Waals surface area contributed by atoms with Crippen molar-refractivity contribution in [2.24, 2.45) is 0 Å². The molecular weight excluding hydrogens is 649 g/mol. The van der Waals surface area contributed by atoms with Crippen molar-refractivity contribution in [2.75, 3.05) is 52.5 Å². The predicted octanol–water partition coefficient (Wildman–Crippen LogP) is 5.23. The monoisotopic (exact) mass is 682 g/mol. The Balaban J connectivity index is 1.17. The molecule has 48 heavy (non-hydrogen) atoms. The van der Waals surface area contributed by atoms with E-state index in [-0.39, 0.29) is 31.5 Å². The number of alkyl halides is 3. The summed E-state index contributed by atoms with van der Waals surface area (Å²) in [5, 5.41) is 3.12. The molecule has 4 aromatic rings. The zero-order valence-electron chi connectivity index (χ0n) is 26.0. The quantitative estimate of drug-likeness (QED) is 0.239. The summed E-state index contributed by atoms with van der Waals surface area (Å²) < 4.78 is 53.5. The second-order valence-corrected chi connectivity index (χ2v) is 12.1. The zero-order valence-corrected chi connectivity index (χ0v) is 26.7. The Bertz CT molecular complexity index is 1760. The first-order chi connectivity index (χ1) is 23.2. The lowest BCUT2D eigenvalue weighted by Gasteiger charge is -2.39. The van der Waals surface area contributed by atoms with Gasteiger partial charge >= 0.3 is 6.18 Å². The van der Waals surface area contributed by atoms with Gasteiger partial charge in [0.15, 0.2) is 0 Å². The number of piperidine rings is 1. The molecule has 2 amide bonds. The maximum Gasteiger partial charge on any atom is 0.417 e. The van der Waals surface area contributed by atoms with E-state index >= 15 is 0 Å². The molecule has 0 unspecified atom stereocenters. The third-order valence-corrected chi connectivity index (χ3v) is 8.91. The standard InChI is InChI=1S/C34H34ClF3N6O4/c35-27-17-23(18-29-31(27)40-9-8-39-29)33(46)44-11-7-28(25(21-44)22-5-2-1-3-6-22)42-32(45)24-20-41-30(19-26(24)34(36,37)38)48-14-4-10-43-12-15-47-16-13-43/h1-3,5-6,8-9,17-20,25,28H,4,7,10-16,21H2,(H,42,45)/t25-,28-/m1/s1. The van der Waals surface area contributed by atoms with Crippen molar-refractivity contribution in [3.8, 4) is 5.88 Å². The molecule has 2 atom stereocenters. The van der Waals surface area contributed by atoms with Gasteiger partial charge in [0.05, 0.1) is 41.5 Å². The summed E-state index contributed by atoms with van der Waals surface area (Å²) in [6, 6.07) is 12.6. The number of likely N-dealkylation sites (tertiary alicyclic amines) is 1. The molecule has 10 nitrogen and oxygen atoms in total. The van der Waals surface area contributed by atoms with Crippen LogP contribution in [0.15, 0.2) is 67.1 Å². The van der Waals surface area contributed by atoms with E-state index in [1.807, 2.05) is 30.3 Å². The number of fused-ring (bicyclic) bond motifs is 1. The first kappa shape index (κ1) is 33.6. The Morgan fingerprint density at radius 3 is 2.56 bits per heavy atom. The molecule has 2 aliphatic heterocycles. The Hall–Kier alpha value is -4.33. The number of halogens is 4. The highest BCUT2D eigenvalue weighted by Gasteiger charge is 2.39. The van der Waals surface area contributed by atoms with Crippen LogP contribution in [-0.4, -0.2) is 95.2 Å². The number of ether oxygens (including phenoxy) is 2. The lowest BCUT2D eigenvalue weighted by molar-refractivity contribution is -0.138. The Morgan fingerprint density at radius 1 is 1.02 bits per heavy atom. The van der Waals surface area contributed by atoms with Crippen molar-refractivity contribution >= 4 is 34.4 Å². The number of hydrogen-bond donors (Lipinski definition) is 1. The fraction of sp³-hybridized carbons (Fsp3) is 0.382. The first-order valence-corrected chi connectivity index (χ1v) is 16.1. The zero-order chi connectivity index (χ0) is 33.7. The van der Waals surface area contributed by atoms with Gasteiger partial charge in [0.2, 0.25) is 5.88 Å². The fourth-order valence-electron chi connectivity index (χ4n) is 6.15. The van der Waals surface area contributed by atoms with Gasteiger partial charge in [-0.15, -0.1) is 0 Å². The van der Waals surface area contributed by atoms with Crippen LogP contribution in [0, 0.1) is 0 Å². The van der Waals surface area contributed by atoms with E-state index in [4.69, 9.17) is 21.1 Å². The third kappa shape index (κ3) is 7.86. The number of morpholine rings is 1. The Labute approximate surface area is 280 Å². The van der Waals surface area contributed by atoms with Crippen LogP contribution in [-0.2, 0) is 10.9 Å². The maximum atomic E-state index is 14.2. The van der Waals surface area contributed by atoms with Crippen molar-refractivity contribution in [1.29, 1.82) is 0 Å². The molecule has 252 valence electrons. The summed E-state index contributed by atoms with van der Waals surface area (Å²) in [6.45, 7) is 4.29. The molecule has 2 aromatic heterocycles. The van der Waals surface area contributed by atoms with Crippen molar-refractivity contribution in [3.63, 3.8) is 0 Å². The largest absolute Gasteiger partial charge is 0.478 e. The van der Waals surface area contributed by atoms with E-state index in [1.54, 1.807) is 17.0 Å². The molecule has 0 bridgehead atoms. The van der Waals surface area contributed by atoms with Crippen LogP contribution in [0.4, 0.5) is 13.2 Å². The number of carbonyl (C=O) groups excluding carboxylic acids is 2.